The first kappa shape index (κ1) is 22.9. The fraction of sp³-hybridized carbons (Fsp3) is 0.154. The number of amides is 1. The van der Waals surface area contributed by atoms with Crippen molar-refractivity contribution in [3.05, 3.63) is 76.4 Å². The van der Waals surface area contributed by atoms with E-state index in [1.807, 2.05) is 60.0 Å². The van der Waals surface area contributed by atoms with Crippen molar-refractivity contribution in [3.8, 4) is 16.3 Å². The molecule has 5 aromatic rings. The predicted molar refractivity (Wildman–Crippen MR) is 138 cm³/mol. The lowest BCUT2D eigenvalue weighted by Crippen LogP contribution is -2.23. The molecule has 5 rings (SSSR count). The van der Waals surface area contributed by atoms with E-state index in [4.69, 9.17) is 14.5 Å². The van der Waals surface area contributed by atoms with E-state index in [0.717, 1.165) is 26.2 Å². The third kappa shape index (κ3) is 4.48. The van der Waals surface area contributed by atoms with E-state index >= 15 is 0 Å². The summed E-state index contributed by atoms with van der Waals surface area (Å²) in [5.41, 5.74) is 2.58. The Morgan fingerprint density at radius 1 is 1.09 bits per heavy atom. The van der Waals surface area contributed by atoms with Gasteiger partial charge in [-0.15, -0.1) is 11.3 Å². The van der Waals surface area contributed by atoms with Crippen LogP contribution in [0.3, 0.4) is 0 Å². The highest BCUT2D eigenvalue weighted by atomic mass is 32.1. The molecule has 0 atom stereocenters. The van der Waals surface area contributed by atoms with Crippen LogP contribution in [0.15, 0.2) is 71.0 Å². The van der Waals surface area contributed by atoms with Crippen LogP contribution in [0.4, 0.5) is 0 Å². The van der Waals surface area contributed by atoms with Gasteiger partial charge in [0.05, 0.1) is 40.1 Å². The molecule has 7 nitrogen and oxygen atoms in total. The second-order valence-corrected chi connectivity index (χ2v) is 9.51. The molecule has 0 aliphatic carbocycles. The largest absolute Gasteiger partial charge is 0.495 e. The Labute approximate surface area is 208 Å². The zero-order valence-electron chi connectivity index (χ0n) is 19.1. The summed E-state index contributed by atoms with van der Waals surface area (Å²) in [7, 11) is 1.57. The van der Waals surface area contributed by atoms with Crippen LogP contribution in [0.5, 0.6) is 5.75 Å². The number of nitrogens with zero attached hydrogens (tertiary/aromatic N) is 3. The van der Waals surface area contributed by atoms with Crippen LogP contribution < -0.4 is 9.54 Å². The molecule has 2 aromatic carbocycles. The van der Waals surface area contributed by atoms with Crippen LogP contribution in [-0.2, 0) is 16.1 Å². The van der Waals surface area contributed by atoms with Crippen molar-refractivity contribution in [1.29, 1.82) is 0 Å². The Balaban J connectivity index is 1.70. The highest BCUT2D eigenvalue weighted by Gasteiger charge is 2.18. The molecule has 0 spiro atoms. The van der Waals surface area contributed by atoms with Gasteiger partial charge in [0.2, 0.25) is 0 Å². The van der Waals surface area contributed by atoms with Gasteiger partial charge in [-0.1, -0.05) is 41.7 Å². The van der Waals surface area contributed by atoms with Gasteiger partial charge in [0, 0.05) is 5.39 Å². The molecule has 3 aromatic heterocycles. The maximum atomic E-state index is 13.6. The van der Waals surface area contributed by atoms with Crippen molar-refractivity contribution < 1.29 is 19.1 Å². The molecule has 0 bridgehead atoms. The Bertz CT molecular complexity index is 1620. The lowest BCUT2D eigenvalue weighted by atomic mass is 10.1. The molecule has 35 heavy (non-hydrogen) atoms. The third-order valence-corrected chi connectivity index (χ3v) is 7.33. The summed E-state index contributed by atoms with van der Waals surface area (Å²) in [6.07, 6.45) is 0. The number of carbonyl (C=O) groups excluding carboxylic acids is 2. The van der Waals surface area contributed by atoms with Crippen LogP contribution in [-0.4, -0.2) is 35.1 Å². The molecule has 3 heterocycles. The number of aromatic nitrogens is 2. The van der Waals surface area contributed by atoms with Gasteiger partial charge < -0.3 is 14.0 Å². The van der Waals surface area contributed by atoms with Crippen LogP contribution in [0.2, 0.25) is 0 Å². The number of esters is 1. The number of thiophene rings is 1. The minimum absolute atomic E-state index is 0.0855. The van der Waals surface area contributed by atoms with E-state index in [1.165, 1.54) is 11.3 Å². The lowest BCUT2D eigenvalue weighted by molar-refractivity contribution is -0.143. The van der Waals surface area contributed by atoms with Crippen molar-refractivity contribution in [2.24, 2.45) is 4.99 Å². The SMILES string of the molecule is CCOC(=O)Cn1c(=NC(=O)c2cc(-c3cccs3)nc3ccccc23)sc2cccc(OC)c21. The number of hydrogen-bond acceptors (Lipinski definition) is 7. The van der Waals surface area contributed by atoms with Crippen molar-refractivity contribution in [3.63, 3.8) is 0 Å². The molecule has 0 unspecified atom stereocenters. The summed E-state index contributed by atoms with van der Waals surface area (Å²) in [4.78, 5) is 36.6. The van der Waals surface area contributed by atoms with Gasteiger partial charge in [-0.3, -0.25) is 9.59 Å². The lowest BCUT2D eigenvalue weighted by Gasteiger charge is -2.08. The summed E-state index contributed by atoms with van der Waals surface area (Å²) >= 11 is 2.88. The summed E-state index contributed by atoms with van der Waals surface area (Å²) in [6, 6.07) is 18.8. The summed E-state index contributed by atoms with van der Waals surface area (Å²) in [5.74, 6) is -0.239. The van der Waals surface area contributed by atoms with E-state index < -0.39 is 11.9 Å². The topological polar surface area (TPSA) is 82.8 Å². The Kier molecular flexibility index (Phi) is 6.43. The van der Waals surface area contributed by atoms with Gasteiger partial charge in [-0.25, -0.2) is 4.98 Å². The molecule has 0 aliphatic heterocycles. The first-order valence-corrected chi connectivity index (χ1v) is 12.6. The molecule has 0 saturated heterocycles. The van der Waals surface area contributed by atoms with Crippen LogP contribution >= 0.6 is 22.7 Å². The maximum Gasteiger partial charge on any atom is 0.326 e. The van der Waals surface area contributed by atoms with Gasteiger partial charge in [0.15, 0.2) is 4.80 Å². The smallest absolute Gasteiger partial charge is 0.326 e. The van der Waals surface area contributed by atoms with Gasteiger partial charge >= 0.3 is 5.97 Å². The van der Waals surface area contributed by atoms with Crippen molar-refractivity contribution >= 4 is 55.7 Å². The minimum Gasteiger partial charge on any atom is -0.495 e. The van der Waals surface area contributed by atoms with Crippen LogP contribution in [0.25, 0.3) is 31.7 Å². The fourth-order valence-electron chi connectivity index (χ4n) is 3.88. The molecule has 0 aliphatic rings. The second kappa shape index (κ2) is 9.81. The molecule has 0 N–H and O–H groups in total. The van der Waals surface area contributed by atoms with Crippen molar-refractivity contribution in [2.45, 2.75) is 13.5 Å². The Morgan fingerprint density at radius 2 is 1.94 bits per heavy atom. The predicted octanol–water partition coefficient (Wildman–Crippen LogP) is 5.29. The number of benzene rings is 2. The first-order valence-electron chi connectivity index (χ1n) is 10.9. The second-order valence-electron chi connectivity index (χ2n) is 7.55. The molecule has 176 valence electrons. The maximum absolute atomic E-state index is 13.6. The molecule has 9 heteroatoms. The first-order chi connectivity index (χ1) is 17.1. The Morgan fingerprint density at radius 3 is 2.71 bits per heavy atom. The quantitative estimate of drug-likeness (QED) is 0.294. The number of ether oxygens (including phenoxy) is 2. The Hall–Kier alpha value is -3.82. The zero-order valence-corrected chi connectivity index (χ0v) is 20.7. The summed E-state index contributed by atoms with van der Waals surface area (Å²) in [6.45, 7) is 1.93. The number of thiazole rings is 1. The van der Waals surface area contributed by atoms with E-state index in [0.29, 0.717) is 21.6 Å². The van der Waals surface area contributed by atoms with Gasteiger partial charge in [0.25, 0.3) is 5.91 Å². The van der Waals surface area contributed by atoms with Crippen LogP contribution in [0.1, 0.15) is 17.3 Å². The van der Waals surface area contributed by atoms with E-state index in [1.54, 1.807) is 36.0 Å². The molecule has 1 amide bonds. The minimum atomic E-state index is -0.415. The van der Waals surface area contributed by atoms with Crippen molar-refractivity contribution in [1.82, 2.24) is 9.55 Å². The standard InChI is InChI=1S/C26H21N3O4S2/c1-3-33-23(30)15-29-24-20(32-2)10-6-11-22(24)35-26(29)28-25(31)17-14-19(21-12-7-13-34-21)27-18-9-5-4-8-16(17)18/h4-14H,3,15H2,1-2H3. The van der Waals surface area contributed by atoms with Crippen LogP contribution in [0, 0.1) is 0 Å². The zero-order chi connectivity index (χ0) is 24.4. The number of methoxy groups -OCH3 is 1. The van der Waals surface area contributed by atoms with E-state index in [2.05, 4.69) is 4.99 Å². The molecular weight excluding hydrogens is 482 g/mol. The fourth-order valence-corrected chi connectivity index (χ4v) is 5.61. The van der Waals surface area contributed by atoms with Crippen molar-refractivity contribution in [2.75, 3.05) is 13.7 Å². The number of fused-ring (bicyclic) bond motifs is 2. The molecule has 0 radical (unpaired) electrons. The number of para-hydroxylation sites is 2. The average Bonchev–Trinajstić information content (AvgIpc) is 3.52. The monoisotopic (exact) mass is 503 g/mol. The molecule has 0 fully saturated rings. The van der Waals surface area contributed by atoms with Gasteiger partial charge in [-0.05, 0) is 42.6 Å². The highest BCUT2D eigenvalue weighted by Crippen LogP contribution is 2.29. The average molecular weight is 504 g/mol. The number of carbonyl (C=O) groups is 2. The number of hydrogen-bond donors (Lipinski definition) is 0. The highest BCUT2D eigenvalue weighted by molar-refractivity contribution is 7.16. The van der Waals surface area contributed by atoms with E-state index in [9.17, 15) is 9.59 Å². The summed E-state index contributed by atoms with van der Waals surface area (Å²) < 4.78 is 13.2. The number of rotatable bonds is 6. The van der Waals surface area contributed by atoms with Gasteiger partial charge in [-0.2, -0.15) is 4.99 Å². The van der Waals surface area contributed by atoms with Gasteiger partial charge in [0.1, 0.15) is 17.8 Å². The van der Waals surface area contributed by atoms with E-state index in [-0.39, 0.29) is 13.2 Å². The summed E-state index contributed by atoms with van der Waals surface area (Å²) in [5, 5.41) is 2.69. The number of pyridine rings is 1. The third-order valence-electron chi connectivity index (χ3n) is 5.39. The molecule has 0 saturated carbocycles. The normalized spacial score (nSPS) is 11.8. The molecular formula is C26H21N3O4S2.